The van der Waals surface area contributed by atoms with Crippen LogP contribution < -0.4 is 16.4 Å². The minimum absolute atomic E-state index is 0.123. The van der Waals surface area contributed by atoms with Crippen molar-refractivity contribution in [3.8, 4) is 0 Å². The topological polar surface area (TPSA) is 84.2 Å². The molecule has 1 unspecified atom stereocenters. The van der Waals surface area contributed by atoms with E-state index in [4.69, 9.17) is 5.73 Å². The Balaban J connectivity index is 2.26. The Morgan fingerprint density at radius 2 is 2.00 bits per heavy atom. The second kappa shape index (κ2) is 9.09. The van der Waals surface area contributed by atoms with E-state index in [1.165, 1.54) is 0 Å². The molecule has 0 heterocycles. The fraction of sp³-hybridized carbons (Fsp3) is 0.467. The van der Waals surface area contributed by atoms with Gasteiger partial charge in [-0.1, -0.05) is 6.92 Å². The van der Waals surface area contributed by atoms with Gasteiger partial charge in [0.1, 0.15) is 11.6 Å². The van der Waals surface area contributed by atoms with E-state index in [9.17, 15) is 18.4 Å². The first-order valence-electron chi connectivity index (χ1n) is 7.14. The molecule has 0 aliphatic heterocycles. The number of carbonyl (C=O) groups excluding carboxylic acids is 2. The lowest BCUT2D eigenvalue weighted by atomic mass is 10.2. The molecule has 4 N–H and O–H groups in total. The molecule has 1 aromatic rings. The van der Waals surface area contributed by atoms with Gasteiger partial charge in [0.2, 0.25) is 5.91 Å². The fourth-order valence-electron chi connectivity index (χ4n) is 1.68. The molecule has 1 atom stereocenters. The van der Waals surface area contributed by atoms with E-state index < -0.39 is 17.5 Å². The Morgan fingerprint density at radius 1 is 1.27 bits per heavy atom. The van der Waals surface area contributed by atoms with Gasteiger partial charge in [-0.3, -0.25) is 9.59 Å². The summed E-state index contributed by atoms with van der Waals surface area (Å²) in [5, 5.41) is 5.22. The van der Waals surface area contributed by atoms with Gasteiger partial charge in [0.15, 0.2) is 0 Å². The summed E-state index contributed by atoms with van der Waals surface area (Å²) in [7, 11) is 0. The quantitative estimate of drug-likeness (QED) is 0.630. The molecular weight excluding hydrogens is 292 g/mol. The van der Waals surface area contributed by atoms with Crippen LogP contribution in [-0.4, -0.2) is 31.4 Å². The zero-order chi connectivity index (χ0) is 16.5. The average molecular weight is 313 g/mol. The standard InChI is InChI=1S/C15H21F2N3O2/c1-10(8-18)9-20-14(21)3-2-6-19-15(22)12-5-4-11(16)7-13(12)17/h4-5,7,10H,2-3,6,8-9,18H2,1H3,(H,19,22)(H,20,21). The molecular formula is C15H21F2N3O2. The first-order valence-corrected chi connectivity index (χ1v) is 7.14. The summed E-state index contributed by atoms with van der Waals surface area (Å²) in [6.45, 7) is 3.18. The number of nitrogens with one attached hydrogen (secondary N) is 2. The van der Waals surface area contributed by atoms with Gasteiger partial charge in [-0.2, -0.15) is 0 Å². The summed E-state index contributed by atoms with van der Waals surface area (Å²) in [6, 6.07) is 2.76. The summed E-state index contributed by atoms with van der Waals surface area (Å²) in [4.78, 5) is 23.2. The summed E-state index contributed by atoms with van der Waals surface area (Å²) in [5.74, 6) is -2.19. The minimum Gasteiger partial charge on any atom is -0.356 e. The number of rotatable bonds is 8. The maximum Gasteiger partial charge on any atom is 0.254 e. The van der Waals surface area contributed by atoms with E-state index in [1.807, 2.05) is 6.92 Å². The van der Waals surface area contributed by atoms with Crippen molar-refractivity contribution in [1.82, 2.24) is 10.6 Å². The molecule has 0 fully saturated rings. The predicted molar refractivity (Wildman–Crippen MR) is 79.2 cm³/mol. The van der Waals surface area contributed by atoms with Gasteiger partial charge < -0.3 is 16.4 Å². The molecule has 0 saturated heterocycles. The van der Waals surface area contributed by atoms with Crippen LogP contribution >= 0.6 is 0 Å². The molecule has 0 aliphatic carbocycles. The molecule has 0 spiro atoms. The lowest BCUT2D eigenvalue weighted by Gasteiger charge is -2.10. The average Bonchev–Trinajstić information content (AvgIpc) is 2.48. The monoisotopic (exact) mass is 313 g/mol. The number of hydrogen-bond donors (Lipinski definition) is 3. The zero-order valence-electron chi connectivity index (χ0n) is 12.5. The van der Waals surface area contributed by atoms with Crippen LogP contribution in [0.4, 0.5) is 8.78 Å². The van der Waals surface area contributed by atoms with Crippen LogP contribution in [0.2, 0.25) is 0 Å². The summed E-state index contributed by atoms with van der Waals surface area (Å²) in [5.41, 5.74) is 5.22. The van der Waals surface area contributed by atoms with Gasteiger partial charge in [0.05, 0.1) is 5.56 Å². The normalized spacial score (nSPS) is 11.8. The van der Waals surface area contributed by atoms with Gasteiger partial charge in [-0.05, 0) is 31.0 Å². The highest BCUT2D eigenvalue weighted by Crippen LogP contribution is 2.09. The van der Waals surface area contributed by atoms with E-state index in [-0.39, 0.29) is 30.4 Å². The zero-order valence-corrected chi connectivity index (χ0v) is 12.5. The molecule has 0 aliphatic rings. The molecule has 1 rings (SSSR count). The van der Waals surface area contributed by atoms with Crippen LogP contribution in [0.25, 0.3) is 0 Å². The summed E-state index contributed by atoms with van der Waals surface area (Å²) < 4.78 is 26.1. The van der Waals surface area contributed by atoms with Gasteiger partial charge in [0.25, 0.3) is 5.91 Å². The van der Waals surface area contributed by atoms with Gasteiger partial charge >= 0.3 is 0 Å². The van der Waals surface area contributed by atoms with Crippen LogP contribution in [0.3, 0.4) is 0 Å². The molecule has 122 valence electrons. The van der Waals surface area contributed by atoms with E-state index in [1.54, 1.807) is 0 Å². The second-order valence-corrected chi connectivity index (χ2v) is 5.13. The molecule has 0 aromatic heterocycles. The van der Waals surface area contributed by atoms with Crippen LogP contribution in [0.5, 0.6) is 0 Å². The van der Waals surface area contributed by atoms with E-state index >= 15 is 0 Å². The number of nitrogens with two attached hydrogens (primary N) is 1. The van der Waals surface area contributed by atoms with Crippen molar-refractivity contribution in [2.24, 2.45) is 11.7 Å². The summed E-state index contributed by atoms with van der Waals surface area (Å²) >= 11 is 0. The van der Waals surface area contributed by atoms with E-state index in [2.05, 4.69) is 10.6 Å². The van der Waals surface area contributed by atoms with Crippen molar-refractivity contribution in [2.45, 2.75) is 19.8 Å². The fourth-order valence-corrected chi connectivity index (χ4v) is 1.68. The molecule has 1 aromatic carbocycles. The predicted octanol–water partition coefficient (Wildman–Crippen LogP) is 1.19. The first kappa shape index (κ1) is 18.0. The molecule has 22 heavy (non-hydrogen) atoms. The number of benzene rings is 1. The Labute approximate surface area is 128 Å². The molecule has 0 saturated carbocycles. The molecule has 0 radical (unpaired) electrons. The third-order valence-corrected chi connectivity index (χ3v) is 3.09. The lowest BCUT2D eigenvalue weighted by Crippen LogP contribution is -2.32. The highest BCUT2D eigenvalue weighted by Gasteiger charge is 2.12. The minimum atomic E-state index is -0.911. The Bertz CT molecular complexity index is 524. The molecule has 2 amide bonds. The van der Waals surface area contributed by atoms with Gasteiger partial charge in [-0.25, -0.2) is 8.78 Å². The highest BCUT2D eigenvalue weighted by atomic mass is 19.1. The largest absolute Gasteiger partial charge is 0.356 e. The SMILES string of the molecule is CC(CN)CNC(=O)CCCNC(=O)c1ccc(F)cc1F. The Hall–Kier alpha value is -2.02. The first-order chi connectivity index (χ1) is 10.4. The molecule has 0 bridgehead atoms. The van der Waals surface area contributed by atoms with Gasteiger partial charge in [-0.15, -0.1) is 0 Å². The van der Waals surface area contributed by atoms with Crippen LogP contribution in [-0.2, 0) is 4.79 Å². The maximum atomic E-state index is 13.4. The summed E-state index contributed by atoms with van der Waals surface area (Å²) in [6.07, 6.45) is 0.681. The molecule has 5 nitrogen and oxygen atoms in total. The Kier molecular flexibility index (Phi) is 7.45. The third-order valence-electron chi connectivity index (χ3n) is 3.09. The van der Waals surface area contributed by atoms with Gasteiger partial charge in [0, 0.05) is 25.6 Å². The smallest absolute Gasteiger partial charge is 0.254 e. The van der Waals surface area contributed by atoms with Crippen LogP contribution in [0.1, 0.15) is 30.1 Å². The van der Waals surface area contributed by atoms with Crippen molar-refractivity contribution in [1.29, 1.82) is 0 Å². The van der Waals surface area contributed by atoms with E-state index in [0.717, 1.165) is 12.1 Å². The van der Waals surface area contributed by atoms with Crippen molar-refractivity contribution >= 4 is 11.8 Å². The van der Waals surface area contributed by atoms with E-state index in [0.29, 0.717) is 25.6 Å². The highest BCUT2D eigenvalue weighted by molar-refractivity contribution is 5.94. The second-order valence-electron chi connectivity index (χ2n) is 5.13. The third kappa shape index (κ3) is 6.17. The Morgan fingerprint density at radius 3 is 2.64 bits per heavy atom. The number of amides is 2. The lowest BCUT2D eigenvalue weighted by molar-refractivity contribution is -0.121. The van der Waals surface area contributed by atoms with Crippen LogP contribution in [0.15, 0.2) is 18.2 Å². The number of halogens is 2. The van der Waals surface area contributed by atoms with Crippen molar-refractivity contribution in [3.63, 3.8) is 0 Å². The maximum absolute atomic E-state index is 13.4. The number of hydrogen-bond acceptors (Lipinski definition) is 3. The van der Waals surface area contributed by atoms with Crippen molar-refractivity contribution in [3.05, 3.63) is 35.4 Å². The van der Waals surface area contributed by atoms with Crippen molar-refractivity contribution in [2.75, 3.05) is 19.6 Å². The van der Waals surface area contributed by atoms with Crippen LogP contribution in [0, 0.1) is 17.6 Å². The van der Waals surface area contributed by atoms with Crippen molar-refractivity contribution < 1.29 is 18.4 Å². The molecule has 7 heteroatoms. The number of carbonyl (C=O) groups is 2.